The van der Waals surface area contributed by atoms with Crippen molar-refractivity contribution >= 4 is 43.5 Å². The summed E-state index contributed by atoms with van der Waals surface area (Å²) >= 11 is 0. The van der Waals surface area contributed by atoms with Crippen LogP contribution >= 0.6 is 0 Å². The second-order valence-electron chi connectivity index (χ2n) is 6.65. The Morgan fingerprint density at radius 2 is 0.895 bits per heavy atom. The highest BCUT2D eigenvalue weighted by Crippen LogP contribution is 2.17. The van der Waals surface area contributed by atoms with E-state index in [9.17, 15) is 46.7 Å². The number of benzene rings is 3. The number of aromatic carboxylic acids is 2. The van der Waals surface area contributed by atoms with Crippen molar-refractivity contribution in [3.05, 3.63) is 104 Å². The molecule has 0 aromatic heterocycles. The molecule has 18 heteroatoms. The molecule has 0 aliphatic carbocycles. The van der Waals surface area contributed by atoms with Gasteiger partial charge in [0, 0.05) is 24.3 Å². The largest absolute Gasteiger partial charge is 0.478 e. The molecule has 0 aliphatic rings. The maximum atomic E-state index is 10.5. The molecule has 0 amide bonds. The van der Waals surface area contributed by atoms with Crippen LogP contribution in [0.25, 0.3) is 0 Å². The zero-order chi connectivity index (χ0) is 29.3. The lowest BCUT2D eigenvalue weighted by atomic mass is 10.1. The lowest BCUT2D eigenvalue weighted by molar-refractivity contribution is -0.385. The SMILES string of the molecule is O=C(O)c1ccc(C(=O)O)cc1.O=[N+]([O-])c1cccc(S(=O)(=O)O)c1.O=[N+]([O-])c1cccc(S(=O)(=O)O)c1. The van der Waals surface area contributed by atoms with Crippen LogP contribution in [0, 0.1) is 20.2 Å². The van der Waals surface area contributed by atoms with Crippen molar-refractivity contribution in [1.82, 2.24) is 0 Å². The number of hydrogen-bond acceptors (Lipinski definition) is 10. The Labute approximate surface area is 213 Å². The summed E-state index contributed by atoms with van der Waals surface area (Å²) < 4.78 is 59.3. The van der Waals surface area contributed by atoms with Crippen molar-refractivity contribution in [3.8, 4) is 0 Å². The van der Waals surface area contributed by atoms with E-state index in [4.69, 9.17) is 19.3 Å². The Balaban J connectivity index is 0.000000285. The van der Waals surface area contributed by atoms with Crippen molar-refractivity contribution in [2.24, 2.45) is 0 Å². The Morgan fingerprint density at radius 1 is 0.605 bits per heavy atom. The quantitative estimate of drug-likeness (QED) is 0.188. The van der Waals surface area contributed by atoms with Crippen LogP contribution in [0.5, 0.6) is 0 Å². The number of carboxylic acid groups (broad SMARTS) is 2. The van der Waals surface area contributed by atoms with Gasteiger partial charge in [-0.05, 0) is 36.4 Å². The van der Waals surface area contributed by atoms with Gasteiger partial charge in [0.15, 0.2) is 0 Å². The molecule has 0 heterocycles. The number of nitrogens with zero attached hydrogens (tertiary/aromatic N) is 2. The van der Waals surface area contributed by atoms with Gasteiger partial charge >= 0.3 is 11.9 Å². The molecular weight excluding hydrogens is 556 g/mol. The third-order valence-electron chi connectivity index (χ3n) is 4.03. The van der Waals surface area contributed by atoms with E-state index in [0.29, 0.717) is 0 Å². The molecule has 0 fully saturated rings. The van der Waals surface area contributed by atoms with E-state index in [2.05, 4.69) is 0 Å². The summed E-state index contributed by atoms with van der Waals surface area (Å²) in [6.45, 7) is 0. The topological polar surface area (TPSA) is 270 Å². The Morgan fingerprint density at radius 3 is 1.11 bits per heavy atom. The van der Waals surface area contributed by atoms with Gasteiger partial charge in [-0.15, -0.1) is 0 Å². The summed E-state index contributed by atoms with van der Waals surface area (Å²) in [7, 11) is -8.73. The van der Waals surface area contributed by atoms with Crippen LogP contribution in [-0.2, 0) is 20.2 Å². The number of carboxylic acids is 2. The van der Waals surface area contributed by atoms with Gasteiger partial charge in [0.2, 0.25) is 0 Å². The van der Waals surface area contributed by atoms with Crippen molar-refractivity contribution in [2.75, 3.05) is 0 Å². The van der Waals surface area contributed by atoms with Gasteiger partial charge in [-0.25, -0.2) is 9.59 Å². The normalized spacial score (nSPS) is 10.6. The molecule has 0 saturated carbocycles. The van der Waals surface area contributed by atoms with E-state index in [1.54, 1.807) is 0 Å². The Bertz CT molecular complexity index is 1450. The van der Waals surface area contributed by atoms with E-state index in [1.165, 1.54) is 36.4 Å². The zero-order valence-electron chi connectivity index (χ0n) is 18.5. The van der Waals surface area contributed by atoms with Gasteiger partial charge in [0.05, 0.1) is 21.0 Å². The van der Waals surface area contributed by atoms with Gasteiger partial charge in [-0.2, -0.15) is 16.8 Å². The Hall–Kier alpha value is -4.78. The smallest absolute Gasteiger partial charge is 0.335 e. The van der Waals surface area contributed by atoms with Crippen LogP contribution in [0.1, 0.15) is 20.7 Å². The molecule has 16 nitrogen and oxygen atoms in total. The first kappa shape index (κ1) is 31.3. The minimum atomic E-state index is -4.36. The molecule has 3 rings (SSSR count). The van der Waals surface area contributed by atoms with Crippen molar-refractivity contribution in [3.63, 3.8) is 0 Å². The first-order chi connectivity index (χ1) is 17.4. The maximum absolute atomic E-state index is 10.5. The summed E-state index contributed by atoms with van der Waals surface area (Å²) in [4.78, 5) is 38.6. The van der Waals surface area contributed by atoms with Crippen LogP contribution in [-0.4, -0.2) is 57.9 Å². The molecule has 3 aromatic carbocycles. The fourth-order valence-electron chi connectivity index (χ4n) is 2.27. The van der Waals surface area contributed by atoms with E-state index in [1.807, 2.05) is 0 Å². The molecule has 0 aliphatic heterocycles. The van der Waals surface area contributed by atoms with Crippen LogP contribution < -0.4 is 0 Å². The molecular formula is C20H16N2O14S2. The summed E-state index contributed by atoms with van der Waals surface area (Å²) in [5.74, 6) is -2.13. The average Bonchev–Trinajstić information content (AvgIpc) is 2.84. The molecule has 202 valence electrons. The summed E-state index contributed by atoms with van der Waals surface area (Å²) in [5, 5.41) is 37.4. The molecule has 0 radical (unpaired) electrons. The second-order valence-corrected chi connectivity index (χ2v) is 9.49. The fourth-order valence-corrected chi connectivity index (χ4v) is 3.31. The molecule has 0 bridgehead atoms. The lowest BCUT2D eigenvalue weighted by Gasteiger charge is -1.95. The predicted molar refractivity (Wildman–Crippen MR) is 126 cm³/mol. The van der Waals surface area contributed by atoms with Crippen LogP contribution in [0.3, 0.4) is 0 Å². The summed E-state index contributed by atoms with van der Waals surface area (Å²) in [6, 6.07) is 13.4. The van der Waals surface area contributed by atoms with Gasteiger partial charge in [-0.3, -0.25) is 29.3 Å². The van der Waals surface area contributed by atoms with Crippen molar-refractivity contribution in [2.45, 2.75) is 9.79 Å². The molecule has 0 unspecified atom stereocenters. The lowest BCUT2D eigenvalue weighted by Crippen LogP contribution is -1.99. The second kappa shape index (κ2) is 13.0. The number of nitro benzene ring substituents is 2. The molecule has 38 heavy (non-hydrogen) atoms. The van der Waals surface area contributed by atoms with Crippen LogP contribution in [0.4, 0.5) is 11.4 Å². The minimum Gasteiger partial charge on any atom is -0.478 e. The monoisotopic (exact) mass is 572 g/mol. The van der Waals surface area contributed by atoms with E-state index in [-0.39, 0.29) is 22.5 Å². The first-order valence-electron chi connectivity index (χ1n) is 9.44. The average molecular weight is 572 g/mol. The third kappa shape index (κ3) is 10.1. The van der Waals surface area contributed by atoms with E-state index < -0.39 is 51.8 Å². The van der Waals surface area contributed by atoms with E-state index in [0.717, 1.165) is 36.4 Å². The minimum absolute atomic E-state index is 0.0833. The standard InChI is InChI=1S/C8H6O4.2C6H5NO5S/c9-7(10)5-1-2-6(4-3-5)8(11)12;2*8-7(9)5-2-1-3-6(4-5)13(10,11)12/h1-4H,(H,9,10)(H,11,12);2*1-4H,(H,10,11,12). The van der Waals surface area contributed by atoms with E-state index >= 15 is 0 Å². The maximum Gasteiger partial charge on any atom is 0.335 e. The summed E-state index contributed by atoms with van der Waals surface area (Å²) in [5.41, 5.74) is -0.592. The van der Waals surface area contributed by atoms with Crippen molar-refractivity contribution in [1.29, 1.82) is 0 Å². The highest BCUT2D eigenvalue weighted by atomic mass is 32.2. The Kier molecular flexibility index (Phi) is 10.7. The highest BCUT2D eigenvalue weighted by molar-refractivity contribution is 7.86. The highest BCUT2D eigenvalue weighted by Gasteiger charge is 2.14. The van der Waals surface area contributed by atoms with Crippen molar-refractivity contribution < 1.29 is 55.6 Å². The number of carbonyl (C=O) groups is 2. The van der Waals surface area contributed by atoms with Crippen LogP contribution in [0.2, 0.25) is 0 Å². The molecule has 4 N–H and O–H groups in total. The first-order valence-corrected chi connectivity index (χ1v) is 12.3. The molecule has 0 atom stereocenters. The number of nitro groups is 2. The number of rotatable bonds is 6. The number of hydrogen-bond donors (Lipinski definition) is 4. The molecule has 0 spiro atoms. The third-order valence-corrected chi connectivity index (χ3v) is 5.73. The molecule has 3 aromatic rings. The summed E-state index contributed by atoms with van der Waals surface area (Å²) in [6.07, 6.45) is 0. The van der Waals surface area contributed by atoms with Crippen LogP contribution in [0.15, 0.2) is 82.6 Å². The fraction of sp³-hybridized carbons (Fsp3) is 0. The van der Waals surface area contributed by atoms with Gasteiger partial charge in [0.25, 0.3) is 31.6 Å². The van der Waals surface area contributed by atoms with Gasteiger partial charge < -0.3 is 10.2 Å². The number of non-ortho nitro benzene ring substituents is 2. The zero-order valence-corrected chi connectivity index (χ0v) is 20.1. The predicted octanol–water partition coefficient (Wildman–Crippen LogP) is 2.77. The molecule has 0 saturated heterocycles. The van der Waals surface area contributed by atoms with Gasteiger partial charge in [0.1, 0.15) is 9.79 Å². The van der Waals surface area contributed by atoms with Gasteiger partial charge in [-0.1, -0.05) is 12.1 Å².